The maximum Gasteiger partial charge on any atom is 0.209 e. The minimum atomic E-state index is -0.852. The zero-order valence-corrected chi connectivity index (χ0v) is 6.52. The van der Waals surface area contributed by atoms with Crippen molar-refractivity contribution in [3.8, 4) is 0 Å². The molecular formula is C6H7Cl2N. The second kappa shape index (κ2) is 2.24. The molecule has 0 amide bonds. The highest BCUT2D eigenvalue weighted by Crippen LogP contribution is 2.28. The quantitative estimate of drug-likeness (QED) is 0.391. The fourth-order valence-electron chi connectivity index (χ4n) is 0.567. The van der Waals surface area contributed by atoms with Crippen LogP contribution < -0.4 is 0 Å². The smallest absolute Gasteiger partial charge is 0.209 e. The Hall–Kier alpha value is -0.140. The number of nitrogens with zero attached hydrogens (tertiary/aromatic N) is 1. The molecule has 0 N–H and O–H groups in total. The zero-order valence-electron chi connectivity index (χ0n) is 5.01. The van der Waals surface area contributed by atoms with Gasteiger partial charge in [-0.05, 0) is 12.2 Å². The van der Waals surface area contributed by atoms with E-state index in [0.29, 0.717) is 0 Å². The number of halogens is 2. The van der Waals surface area contributed by atoms with Crippen molar-refractivity contribution in [1.29, 1.82) is 0 Å². The van der Waals surface area contributed by atoms with E-state index in [-0.39, 0.29) is 0 Å². The zero-order chi connectivity index (χ0) is 6.91. The van der Waals surface area contributed by atoms with E-state index in [4.69, 9.17) is 23.2 Å². The van der Waals surface area contributed by atoms with Gasteiger partial charge >= 0.3 is 0 Å². The largest absolute Gasteiger partial charge is 0.347 e. The molecule has 3 heteroatoms. The van der Waals surface area contributed by atoms with E-state index in [0.717, 1.165) is 0 Å². The summed E-state index contributed by atoms with van der Waals surface area (Å²) in [7, 11) is 1.82. The Morgan fingerprint density at radius 3 is 2.33 bits per heavy atom. The highest BCUT2D eigenvalue weighted by atomic mass is 35.5. The van der Waals surface area contributed by atoms with Crippen molar-refractivity contribution in [3.05, 3.63) is 24.4 Å². The predicted octanol–water partition coefficient (Wildman–Crippen LogP) is 2.13. The summed E-state index contributed by atoms with van der Waals surface area (Å²) >= 11 is 11.6. The molecule has 1 nitrogen and oxygen atoms in total. The number of rotatable bonds is 0. The van der Waals surface area contributed by atoms with E-state index in [2.05, 4.69) is 0 Å². The molecular weight excluding hydrogens is 157 g/mol. The average Bonchev–Trinajstić information content (AvgIpc) is 1.77. The maximum absolute atomic E-state index is 5.78. The van der Waals surface area contributed by atoms with E-state index in [1.54, 1.807) is 11.0 Å². The van der Waals surface area contributed by atoms with Crippen LogP contribution >= 0.6 is 23.2 Å². The molecule has 50 valence electrons. The highest BCUT2D eigenvalue weighted by molar-refractivity contribution is 6.49. The Balaban J connectivity index is 2.78. The van der Waals surface area contributed by atoms with Gasteiger partial charge < -0.3 is 4.90 Å². The molecule has 9 heavy (non-hydrogen) atoms. The molecule has 0 aliphatic carbocycles. The molecule has 0 aromatic rings. The Bertz CT molecular complexity index is 160. The van der Waals surface area contributed by atoms with Gasteiger partial charge in [-0.2, -0.15) is 0 Å². The lowest BCUT2D eigenvalue weighted by Gasteiger charge is -2.28. The molecule has 1 heterocycles. The molecule has 0 aromatic carbocycles. The maximum atomic E-state index is 5.78. The molecule has 0 spiro atoms. The summed E-state index contributed by atoms with van der Waals surface area (Å²) in [6.07, 6.45) is 7.24. The van der Waals surface area contributed by atoms with Gasteiger partial charge in [0.05, 0.1) is 0 Å². The third kappa shape index (κ3) is 1.41. The second-order valence-corrected chi connectivity index (χ2v) is 3.25. The molecule has 0 bridgehead atoms. The van der Waals surface area contributed by atoms with Crippen LogP contribution in [0.1, 0.15) is 0 Å². The molecule has 0 saturated heterocycles. The number of alkyl halides is 2. The van der Waals surface area contributed by atoms with Crippen molar-refractivity contribution in [2.75, 3.05) is 7.05 Å². The average molecular weight is 164 g/mol. The molecule has 0 aromatic heterocycles. The molecule has 0 unspecified atom stereocenters. The highest BCUT2D eigenvalue weighted by Gasteiger charge is 2.24. The van der Waals surface area contributed by atoms with Crippen molar-refractivity contribution in [1.82, 2.24) is 4.90 Å². The first-order chi connectivity index (χ1) is 4.13. The Labute approximate surface area is 64.5 Å². The lowest BCUT2D eigenvalue weighted by molar-refractivity contribution is 0.428. The SMILES string of the molecule is CN1C=CC=CC1(Cl)Cl. The fraction of sp³-hybridized carbons (Fsp3) is 0.333. The van der Waals surface area contributed by atoms with Gasteiger partial charge in [-0.15, -0.1) is 0 Å². The molecule has 0 fully saturated rings. The van der Waals surface area contributed by atoms with Gasteiger partial charge in [0.15, 0.2) is 0 Å². The van der Waals surface area contributed by atoms with Crippen LogP contribution in [0, 0.1) is 0 Å². The van der Waals surface area contributed by atoms with Crippen LogP contribution in [0.5, 0.6) is 0 Å². The van der Waals surface area contributed by atoms with Crippen LogP contribution in [0.15, 0.2) is 24.4 Å². The summed E-state index contributed by atoms with van der Waals surface area (Å²) in [6.45, 7) is 0. The minimum Gasteiger partial charge on any atom is -0.347 e. The van der Waals surface area contributed by atoms with Gasteiger partial charge in [-0.1, -0.05) is 29.3 Å². The van der Waals surface area contributed by atoms with E-state index in [9.17, 15) is 0 Å². The van der Waals surface area contributed by atoms with Crippen LogP contribution in [0.4, 0.5) is 0 Å². The van der Waals surface area contributed by atoms with Gasteiger partial charge in [-0.25, -0.2) is 0 Å². The van der Waals surface area contributed by atoms with Gasteiger partial charge in [-0.3, -0.25) is 0 Å². The Morgan fingerprint density at radius 2 is 2.00 bits per heavy atom. The first-order valence-corrected chi connectivity index (χ1v) is 3.35. The first kappa shape index (κ1) is 6.97. The van der Waals surface area contributed by atoms with Gasteiger partial charge in [0.1, 0.15) is 0 Å². The van der Waals surface area contributed by atoms with Gasteiger partial charge in [0.25, 0.3) is 0 Å². The predicted molar refractivity (Wildman–Crippen MR) is 40.5 cm³/mol. The third-order valence-corrected chi connectivity index (χ3v) is 1.97. The standard InChI is InChI=1S/C6H7Cl2N/c1-9-5-3-2-4-6(9,7)8/h2-5H,1H3. The van der Waals surface area contributed by atoms with Crippen molar-refractivity contribution in [3.63, 3.8) is 0 Å². The lowest BCUT2D eigenvalue weighted by Crippen LogP contribution is -2.30. The monoisotopic (exact) mass is 163 g/mol. The summed E-state index contributed by atoms with van der Waals surface area (Å²) in [5, 5.41) is 0. The molecule has 0 saturated carbocycles. The van der Waals surface area contributed by atoms with Gasteiger partial charge in [0.2, 0.25) is 4.46 Å². The third-order valence-electron chi connectivity index (χ3n) is 1.19. The first-order valence-electron chi connectivity index (χ1n) is 2.60. The lowest BCUT2D eigenvalue weighted by atomic mass is 10.4. The molecule has 0 atom stereocenters. The minimum absolute atomic E-state index is 0.852. The van der Waals surface area contributed by atoms with Gasteiger partial charge in [0, 0.05) is 13.2 Å². The number of likely N-dealkylation sites (N-methyl/N-ethyl adjacent to an activating group) is 1. The number of allylic oxidation sites excluding steroid dienone is 2. The van der Waals surface area contributed by atoms with Crippen molar-refractivity contribution < 1.29 is 0 Å². The van der Waals surface area contributed by atoms with Crippen molar-refractivity contribution >= 4 is 23.2 Å². The Morgan fingerprint density at radius 1 is 1.33 bits per heavy atom. The van der Waals surface area contributed by atoms with Crippen LogP contribution in [-0.2, 0) is 0 Å². The Kier molecular flexibility index (Phi) is 1.73. The number of hydrogen-bond acceptors (Lipinski definition) is 1. The van der Waals surface area contributed by atoms with Crippen molar-refractivity contribution in [2.45, 2.75) is 4.46 Å². The van der Waals surface area contributed by atoms with E-state index >= 15 is 0 Å². The molecule has 1 aliphatic rings. The summed E-state index contributed by atoms with van der Waals surface area (Å²) in [4.78, 5) is 1.72. The van der Waals surface area contributed by atoms with Crippen molar-refractivity contribution in [2.24, 2.45) is 0 Å². The van der Waals surface area contributed by atoms with E-state index in [1.807, 2.05) is 25.4 Å². The fourth-order valence-corrected chi connectivity index (χ4v) is 0.825. The van der Waals surface area contributed by atoms with Crippen LogP contribution in [0.25, 0.3) is 0 Å². The van der Waals surface area contributed by atoms with E-state index < -0.39 is 4.46 Å². The normalized spacial score (nSPS) is 22.8. The van der Waals surface area contributed by atoms with Crippen LogP contribution in [0.2, 0.25) is 0 Å². The topological polar surface area (TPSA) is 3.24 Å². The summed E-state index contributed by atoms with van der Waals surface area (Å²) < 4.78 is -0.852. The summed E-state index contributed by atoms with van der Waals surface area (Å²) in [5.41, 5.74) is 0. The molecule has 1 aliphatic heterocycles. The van der Waals surface area contributed by atoms with Crippen LogP contribution in [-0.4, -0.2) is 16.4 Å². The summed E-state index contributed by atoms with van der Waals surface area (Å²) in [5.74, 6) is 0. The molecule has 1 rings (SSSR count). The number of hydrogen-bond donors (Lipinski definition) is 0. The van der Waals surface area contributed by atoms with E-state index in [1.165, 1.54) is 0 Å². The molecule has 0 radical (unpaired) electrons. The van der Waals surface area contributed by atoms with Crippen LogP contribution in [0.3, 0.4) is 0 Å². The second-order valence-electron chi connectivity index (χ2n) is 1.90. The summed E-state index contributed by atoms with van der Waals surface area (Å²) in [6, 6.07) is 0.